The van der Waals surface area contributed by atoms with Crippen LogP contribution in [0.3, 0.4) is 0 Å². The molecule has 0 saturated heterocycles. The van der Waals surface area contributed by atoms with Gasteiger partial charge in [-0.15, -0.1) is 0 Å². The van der Waals surface area contributed by atoms with E-state index >= 15 is 0 Å². The summed E-state index contributed by atoms with van der Waals surface area (Å²) in [7, 11) is -4.60. The normalized spacial score (nSPS) is 12.4. The standard InChI is InChI=1S/C22H16N2O5S/c1-10-3-4-15-12(5-10)21(25)13-8-17-14(9-16(13)23-15)22(26)20-18(24-17)6-11(2)7-19(20)30(27,28)29/h3-9H,1-2H3,(H,23,25)(H,24,26)(H,27,28,29). The van der Waals surface area contributed by atoms with E-state index in [1.807, 2.05) is 19.1 Å². The van der Waals surface area contributed by atoms with Crippen LogP contribution in [0.2, 0.25) is 0 Å². The highest BCUT2D eigenvalue weighted by Gasteiger charge is 2.20. The van der Waals surface area contributed by atoms with Crippen LogP contribution >= 0.6 is 0 Å². The number of aromatic amines is 2. The van der Waals surface area contributed by atoms with Crippen LogP contribution in [-0.2, 0) is 10.1 Å². The lowest BCUT2D eigenvalue weighted by Crippen LogP contribution is -2.12. The van der Waals surface area contributed by atoms with Crippen molar-refractivity contribution in [1.29, 1.82) is 0 Å². The number of aryl methyl sites for hydroxylation is 2. The molecule has 8 heteroatoms. The van der Waals surface area contributed by atoms with E-state index in [0.717, 1.165) is 5.56 Å². The van der Waals surface area contributed by atoms with E-state index in [9.17, 15) is 22.6 Å². The molecule has 0 aliphatic rings. The molecule has 0 unspecified atom stereocenters. The first-order valence-corrected chi connectivity index (χ1v) is 10.6. The number of benzene rings is 3. The maximum absolute atomic E-state index is 13.2. The number of nitrogens with one attached hydrogen (secondary N) is 2. The smallest absolute Gasteiger partial charge is 0.295 e. The second-order valence-electron chi connectivity index (χ2n) is 7.56. The molecule has 3 N–H and O–H groups in total. The van der Waals surface area contributed by atoms with E-state index in [0.29, 0.717) is 32.9 Å². The average Bonchev–Trinajstić information content (AvgIpc) is 2.67. The molecule has 5 aromatic rings. The molecule has 0 radical (unpaired) electrons. The van der Waals surface area contributed by atoms with Gasteiger partial charge in [-0.25, -0.2) is 0 Å². The Bertz CT molecular complexity index is 1780. The molecule has 0 spiro atoms. The molecular formula is C22H16N2O5S. The van der Waals surface area contributed by atoms with Gasteiger partial charge in [0, 0.05) is 21.7 Å². The van der Waals surface area contributed by atoms with Gasteiger partial charge in [0.1, 0.15) is 4.90 Å². The van der Waals surface area contributed by atoms with Crippen molar-refractivity contribution in [2.45, 2.75) is 18.7 Å². The maximum Gasteiger partial charge on any atom is 0.295 e. The third kappa shape index (κ3) is 2.65. The van der Waals surface area contributed by atoms with Crippen LogP contribution < -0.4 is 10.9 Å². The van der Waals surface area contributed by atoms with Gasteiger partial charge in [-0.3, -0.25) is 14.1 Å². The zero-order valence-corrected chi connectivity index (χ0v) is 16.8. The highest BCUT2D eigenvalue weighted by molar-refractivity contribution is 7.86. The molecule has 0 aliphatic heterocycles. The Labute approximate surface area is 169 Å². The SMILES string of the molecule is Cc1cc(S(=O)(=O)O)c2c(=O)c3cc4[nH]c5ccc(C)cc5c(=O)c4cc3[nH]c2c1. The van der Waals surface area contributed by atoms with E-state index in [-0.39, 0.29) is 21.7 Å². The van der Waals surface area contributed by atoms with Crippen LogP contribution in [0, 0.1) is 13.8 Å². The van der Waals surface area contributed by atoms with Crippen molar-refractivity contribution in [2.24, 2.45) is 0 Å². The van der Waals surface area contributed by atoms with E-state index in [1.165, 1.54) is 12.1 Å². The van der Waals surface area contributed by atoms with Crippen molar-refractivity contribution < 1.29 is 13.0 Å². The minimum absolute atomic E-state index is 0.117. The van der Waals surface area contributed by atoms with Crippen molar-refractivity contribution >= 4 is 53.7 Å². The van der Waals surface area contributed by atoms with E-state index in [1.54, 1.807) is 25.1 Å². The summed E-state index contributed by atoms with van der Waals surface area (Å²) in [5.41, 5.74) is 2.60. The first-order valence-electron chi connectivity index (χ1n) is 9.18. The fraction of sp³-hybridized carbons (Fsp3) is 0.0909. The summed E-state index contributed by atoms with van der Waals surface area (Å²) in [4.78, 5) is 32.1. The minimum atomic E-state index is -4.60. The predicted octanol–water partition coefficient (Wildman–Crippen LogP) is 3.54. The summed E-state index contributed by atoms with van der Waals surface area (Å²) in [5.74, 6) is 0. The van der Waals surface area contributed by atoms with E-state index < -0.39 is 20.4 Å². The Balaban J connectivity index is 2.01. The van der Waals surface area contributed by atoms with Gasteiger partial charge in [-0.05, 0) is 55.8 Å². The van der Waals surface area contributed by atoms with Gasteiger partial charge in [0.15, 0.2) is 10.9 Å². The lowest BCUT2D eigenvalue weighted by Gasteiger charge is -2.10. The molecule has 5 rings (SSSR count). The Kier molecular flexibility index (Phi) is 3.71. The highest BCUT2D eigenvalue weighted by Crippen LogP contribution is 2.26. The van der Waals surface area contributed by atoms with Gasteiger partial charge in [0.05, 0.1) is 21.9 Å². The van der Waals surface area contributed by atoms with E-state index in [2.05, 4.69) is 9.97 Å². The Morgan fingerprint density at radius 1 is 0.700 bits per heavy atom. The van der Waals surface area contributed by atoms with Crippen molar-refractivity contribution in [3.63, 3.8) is 0 Å². The zero-order chi connectivity index (χ0) is 21.4. The molecule has 0 amide bonds. The maximum atomic E-state index is 13.2. The van der Waals surface area contributed by atoms with Crippen LogP contribution in [0.15, 0.2) is 56.9 Å². The molecule has 7 nitrogen and oxygen atoms in total. The van der Waals surface area contributed by atoms with Crippen molar-refractivity contribution in [1.82, 2.24) is 9.97 Å². The largest absolute Gasteiger partial charge is 0.354 e. The topological polar surface area (TPSA) is 120 Å². The second kappa shape index (κ2) is 6.01. The molecule has 0 saturated carbocycles. The van der Waals surface area contributed by atoms with Gasteiger partial charge < -0.3 is 9.97 Å². The van der Waals surface area contributed by atoms with Gasteiger partial charge in [0.2, 0.25) is 0 Å². The third-order valence-corrected chi connectivity index (χ3v) is 6.23. The zero-order valence-electron chi connectivity index (χ0n) is 16.0. The number of hydrogen-bond acceptors (Lipinski definition) is 4. The summed E-state index contributed by atoms with van der Waals surface area (Å²) < 4.78 is 33.4. The van der Waals surface area contributed by atoms with Crippen molar-refractivity contribution in [3.05, 3.63) is 74.0 Å². The first-order chi connectivity index (χ1) is 14.1. The first kappa shape index (κ1) is 18.5. The monoisotopic (exact) mass is 420 g/mol. The van der Waals surface area contributed by atoms with Crippen LogP contribution in [0.1, 0.15) is 11.1 Å². The predicted molar refractivity (Wildman–Crippen MR) is 117 cm³/mol. The molecule has 0 atom stereocenters. The molecular weight excluding hydrogens is 404 g/mol. The summed E-state index contributed by atoms with van der Waals surface area (Å²) in [5, 5.41) is 1.06. The van der Waals surface area contributed by atoms with Crippen LogP contribution in [0.25, 0.3) is 43.6 Å². The molecule has 3 aromatic carbocycles. The molecule has 0 fully saturated rings. The van der Waals surface area contributed by atoms with Gasteiger partial charge in [-0.2, -0.15) is 8.42 Å². The third-order valence-electron chi connectivity index (χ3n) is 5.36. The molecule has 0 aliphatic carbocycles. The summed E-state index contributed by atoms with van der Waals surface area (Å²) in [6.45, 7) is 3.57. The fourth-order valence-electron chi connectivity index (χ4n) is 4.00. The van der Waals surface area contributed by atoms with Crippen LogP contribution in [-0.4, -0.2) is 22.9 Å². The highest BCUT2D eigenvalue weighted by atomic mass is 32.2. The fourth-order valence-corrected chi connectivity index (χ4v) is 4.79. The molecule has 30 heavy (non-hydrogen) atoms. The number of hydrogen-bond donors (Lipinski definition) is 3. The lowest BCUT2D eigenvalue weighted by atomic mass is 10.0. The number of H-pyrrole nitrogens is 2. The number of fused-ring (bicyclic) bond motifs is 4. The average molecular weight is 420 g/mol. The van der Waals surface area contributed by atoms with Gasteiger partial charge in [0.25, 0.3) is 10.1 Å². The number of pyridine rings is 2. The van der Waals surface area contributed by atoms with Crippen molar-refractivity contribution in [2.75, 3.05) is 0 Å². The van der Waals surface area contributed by atoms with Crippen LogP contribution in [0.5, 0.6) is 0 Å². The Morgan fingerprint density at radius 2 is 1.30 bits per heavy atom. The minimum Gasteiger partial charge on any atom is -0.354 e. The summed E-state index contributed by atoms with van der Waals surface area (Å²) >= 11 is 0. The Morgan fingerprint density at radius 3 is 1.97 bits per heavy atom. The van der Waals surface area contributed by atoms with Gasteiger partial charge >= 0.3 is 0 Å². The van der Waals surface area contributed by atoms with E-state index in [4.69, 9.17) is 0 Å². The molecule has 150 valence electrons. The number of aromatic nitrogens is 2. The Hall–Kier alpha value is -3.49. The van der Waals surface area contributed by atoms with Crippen LogP contribution in [0.4, 0.5) is 0 Å². The molecule has 2 aromatic heterocycles. The quantitative estimate of drug-likeness (QED) is 0.283. The lowest BCUT2D eigenvalue weighted by molar-refractivity contribution is 0.484. The summed E-state index contributed by atoms with van der Waals surface area (Å²) in [6.07, 6.45) is 0. The second-order valence-corrected chi connectivity index (χ2v) is 8.95. The molecule has 0 bridgehead atoms. The van der Waals surface area contributed by atoms with Crippen molar-refractivity contribution in [3.8, 4) is 0 Å². The number of rotatable bonds is 1. The van der Waals surface area contributed by atoms with Gasteiger partial charge in [-0.1, -0.05) is 11.6 Å². The summed E-state index contributed by atoms with van der Waals surface area (Å²) in [6, 6.07) is 11.5. The molecule has 2 heterocycles.